The number of hydrogen-bond donors (Lipinski definition) is 5. The molecule has 4 rings (SSSR count). The van der Waals surface area contributed by atoms with E-state index in [1.807, 2.05) is 30.3 Å². The molecule has 0 radical (unpaired) electrons. The fourth-order valence-corrected chi connectivity index (χ4v) is 6.16. The van der Waals surface area contributed by atoms with E-state index in [0.29, 0.717) is 17.5 Å². The van der Waals surface area contributed by atoms with Crippen LogP contribution >= 0.6 is 0 Å². The molecule has 2 atom stereocenters. The molecule has 12 nitrogen and oxygen atoms in total. The van der Waals surface area contributed by atoms with Gasteiger partial charge in [-0.05, 0) is 35.4 Å². The third-order valence-electron chi connectivity index (χ3n) is 6.84. The summed E-state index contributed by atoms with van der Waals surface area (Å²) < 4.78 is 28.8. The minimum absolute atomic E-state index is 0.0637. The van der Waals surface area contributed by atoms with Crippen molar-refractivity contribution in [1.29, 1.82) is 5.41 Å². The molecule has 3 aromatic carbocycles. The summed E-state index contributed by atoms with van der Waals surface area (Å²) in [4.78, 5) is 36.1. The van der Waals surface area contributed by atoms with Crippen LogP contribution in [0.5, 0.6) is 0 Å². The second-order valence-electron chi connectivity index (χ2n) is 9.92. The number of nitro benzene ring substituents is 1. The third kappa shape index (κ3) is 7.74. The molecule has 41 heavy (non-hydrogen) atoms. The lowest BCUT2D eigenvalue weighted by Gasteiger charge is -2.20. The van der Waals surface area contributed by atoms with E-state index >= 15 is 0 Å². The van der Waals surface area contributed by atoms with Crippen LogP contribution in [0, 0.1) is 21.4 Å². The maximum Gasteiger partial charge on any atom is 0.269 e. The van der Waals surface area contributed by atoms with E-state index in [-0.39, 0.29) is 37.0 Å². The predicted octanol–water partition coefficient (Wildman–Crippen LogP) is 1.73. The number of non-ortho nitro benzene ring substituents is 1. The summed E-state index contributed by atoms with van der Waals surface area (Å²) in [6, 6.07) is 21.3. The number of nitrogen functional groups attached to an aromatic ring is 1. The van der Waals surface area contributed by atoms with Crippen LogP contribution in [0.3, 0.4) is 0 Å². The number of benzene rings is 3. The van der Waals surface area contributed by atoms with Crippen molar-refractivity contribution in [3.63, 3.8) is 0 Å². The number of carbonyl (C=O) groups is 2. The van der Waals surface area contributed by atoms with Crippen molar-refractivity contribution in [2.24, 2.45) is 11.7 Å². The van der Waals surface area contributed by atoms with Crippen molar-refractivity contribution >= 4 is 33.4 Å². The third-order valence-corrected chi connectivity index (χ3v) is 8.23. The van der Waals surface area contributed by atoms with Crippen LogP contribution in [-0.2, 0) is 38.3 Å². The molecule has 0 saturated heterocycles. The molecule has 13 heteroatoms. The van der Waals surface area contributed by atoms with Gasteiger partial charge in [0.2, 0.25) is 21.8 Å². The summed E-state index contributed by atoms with van der Waals surface area (Å²) in [7, 11) is -4.03. The normalized spacial score (nSPS) is 17.8. The smallest absolute Gasteiger partial charge is 0.269 e. The molecular weight excluding hydrogens is 548 g/mol. The first-order chi connectivity index (χ1) is 19.5. The number of nitro groups is 1. The molecular formula is C28H30N6O6S. The number of nitrogens with one attached hydrogen (secondary N) is 4. The Bertz CT molecular complexity index is 1550. The van der Waals surface area contributed by atoms with Crippen LogP contribution in [-0.4, -0.2) is 43.1 Å². The summed E-state index contributed by atoms with van der Waals surface area (Å²) in [6.07, 6.45) is 0.702. The summed E-state index contributed by atoms with van der Waals surface area (Å²) in [6.45, 7) is -0.162. The number of nitrogens with two attached hydrogens (primary N) is 1. The van der Waals surface area contributed by atoms with Crippen molar-refractivity contribution in [1.82, 2.24) is 15.4 Å². The van der Waals surface area contributed by atoms with Gasteiger partial charge in [-0.25, -0.2) is 8.42 Å². The fourth-order valence-electron chi connectivity index (χ4n) is 4.55. The highest BCUT2D eigenvalue weighted by atomic mass is 32.2. The Hall–Kier alpha value is -4.62. The van der Waals surface area contributed by atoms with E-state index in [4.69, 9.17) is 11.1 Å². The number of carbonyl (C=O) groups excluding carboxylic acids is 2. The van der Waals surface area contributed by atoms with Crippen LogP contribution in [0.25, 0.3) is 0 Å². The molecule has 2 amide bonds. The molecule has 1 aliphatic carbocycles. The second-order valence-corrected chi connectivity index (χ2v) is 11.6. The molecule has 214 valence electrons. The van der Waals surface area contributed by atoms with Crippen LogP contribution in [0.4, 0.5) is 5.69 Å². The summed E-state index contributed by atoms with van der Waals surface area (Å²) in [5.74, 6) is -1.93. The molecule has 0 aliphatic heterocycles. The highest BCUT2D eigenvalue weighted by molar-refractivity contribution is 7.88. The van der Waals surface area contributed by atoms with Crippen molar-refractivity contribution in [2.75, 3.05) is 6.54 Å². The Morgan fingerprint density at radius 3 is 2.20 bits per heavy atom. The van der Waals surface area contributed by atoms with Gasteiger partial charge in [0.1, 0.15) is 11.4 Å². The standard InChI is InChI=1S/C28H30N6O6S/c29-26(30)22-10-6-20(7-11-22)16-31-25(35)17-32-27(36)28(15-23(28)14-19-4-2-1-3-5-19)33-41(39,40)18-21-8-12-24(13-9-21)34(37)38/h1-13,23,33H,14-18H2,(H3,29,30)(H,31,35)(H,32,36). The van der Waals surface area contributed by atoms with Gasteiger partial charge in [0.05, 0.1) is 17.2 Å². The lowest BCUT2D eigenvalue weighted by atomic mass is 10.1. The maximum absolute atomic E-state index is 13.3. The monoisotopic (exact) mass is 578 g/mol. The van der Waals surface area contributed by atoms with Crippen molar-refractivity contribution < 1.29 is 22.9 Å². The number of rotatable bonds is 13. The van der Waals surface area contributed by atoms with Crippen molar-refractivity contribution in [3.05, 3.63) is 111 Å². The van der Waals surface area contributed by atoms with E-state index in [1.54, 1.807) is 24.3 Å². The minimum atomic E-state index is -4.03. The van der Waals surface area contributed by atoms with E-state index < -0.39 is 38.1 Å². The first-order valence-electron chi connectivity index (χ1n) is 12.7. The Labute approximate surface area is 237 Å². The van der Waals surface area contributed by atoms with Crippen LogP contribution in [0.1, 0.15) is 28.7 Å². The molecule has 3 aromatic rings. The van der Waals surface area contributed by atoms with Gasteiger partial charge in [-0.1, -0.05) is 66.7 Å². The van der Waals surface area contributed by atoms with Gasteiger partial charge in [0.15, 0.2) is 0 Å². The molecule has 6 N–H and O–H groups in total. The molecule has 1 fully saturated rings. The molecule has 1 aliphatic rings. The Balaban J connectivity index is 1.40. The van der Waals surface area contributed by atoms with Crippen molar-refractivity contribution in [3.8, 4) is 0 Å². The molecule has 0 spiro atoms. The zero-order valence-electron chi connectivity index (χ0n) is 22.0. The van der Waals surface area contributed by atoms with Crippen LogP contribution in [0.2, 0.25) is 0 Å². The highest BCUT2D eigenvalue weighted by Crippen LogP contribution is 2.46. The Kier molecular flexibility index (Phi) is 8.79. The van der Waals surface area contributed by atoms with Gasteiger partial charge in [-0.15, -0.1) is 0 Å². The largest absolute Gasteiger partial charge is 0.384 e. The molecule has 0 heterocycles. The Morgan fingerprint density at radius 2 is 1.59 bits per heavy atom. The quantitative estimate of drug-likeness (QED) is 0.0880. The maximum atomic E-state index is 13.3. The average Bonchev–Trinajstić information content (AvgIpc) is 3.62. The first-order valence-corrected chi connectivity index (χ1v) is 14.4. The lowest BCUT2D eigenvalue weighted by molar-refractivity contribution is -0.384. The number of hydrogen-bond acceptors (Lipinski definition) is 7. The number of nitrogens with zero attached hydrogens (tertiary/aromatic N) is 1. The van der Waals surface area contributed by atoms with Gasteiger partial charge in [-0.3, -0.25) is 25.1 Å². The fraction of sp³-hybridized carbons (Fsp3) is 0.250. The van der Waals surface area contributed by atoms with Gasteiger partial charge in [0.25, 0.3) is 5.69 Å². The summed E-state index contributed by atoms with van der Waals surface area (Å²) in [5.41, 5.74) is 6.45. The zero-order chi connectivity index (χ0) is 29.6. The zero-order valence-corrected chi connectivity index (χ0v) is 22.8. The van der Waals surface area contributed by atoms with Gasteiger partial charge >= 0.3 is 0 Å². The van der Waals surface area contributed by atoms with Gasteiger partial charge in [-0.2, -0.15) is 4.72 Å². The van der Waals surface area contributed by atoms with Crippen LogP contribution in [0.15, 0.2) is 78.9 Å². The second kappa shape index (κ2) is 12.3. The molecule has 2 unspecified atom stereocenters. The summed E-state index contributed by atoms with van der Waals surface area (Å²) in [5, 5.41) is 23.6. The average molecular weight is 579 g/mol. The van der Waals surface area contributed by atoms with Gasteiger partial charge in [0, 0.05) is 24.2 Å². The Morgan fingerprint density at radius 1 is 0.951 bits per heavy atom. The van der Waals surface area contributed by atoms with Crippen LogP contribution < -0.4 is 21.1 Å². The number of sulfonamides is 1. The summed E-state index contributed by atoms with van der Waals surface area (Å²) >= 11 is 0. The molecule has 0 bridgehead atoms. The lowest BCUT2D eigenvalue weighted by Crippen LogP contribution is -2.52. The SMILES string of the molecule is N=C(N)c1ccc(CNC(=O)CNC(=O)C2(NS(=O)(=O)Cc3ccc([N+](=O)[O-])cc3)CC2Cc2ccccc2)cc1. The van der Waals surface area contributed by atoms with Gasteiger partial charge < -0.3 is 16.4 Å². The van der Waals surface area contributed by atoms with E-state index in [1.165, 1.54) is 24.3 Å². The first kappa shape index (κ1) is 29.4. The predicted molar refractivity (Wildman–Crippen MR) is 152 cm³/mol. The molecule has 0 aromatic heterocycles. The highest BCUT2D eigenvalue weighted by Gasteiger charge is 2.61. The van der Waals surface area contributed by atoms with Crippen molar-refractivity contribution in [2.45, 2.75) is 30.7 Å². The van der Waals surface area contributed by atoms with E-state index in [0.717, 1.165) is 11.1 Å². The van der Waals surface area contributed by atoms with E-state index in [2.05, 4.69) is 15.4 Å². The number of amidine groups is 1. The topological polar surface area (TPSA) is 197 Å². The molecule has 1 saturated carbocycles. The van der Waals surface area contributed by atoms with E-state index in [9.17, 15) is 28.1 Å². The number of amides is 2. The minimum Gasteiger partial charge on any atom is -0.384 e.